The number of alkyl halides is 3. The highest BCUT2D eigenvalue weighted by Gasteiger charge is 2.35. The predicted octanol–water partition coefficient (Wildman–Crippen LogP) is 7.42. The van der Waals surface area contributed by atoms with Crippen molar-refractivity contribution < 1.29 is 46.4 Å². The zero-order valence-corrected chi connectivity index (χ0v) is 29.7. The fourth-order valence-electron chi connectivity index (χ4n) is 4.91. The molecule has 2 atom stereocenters. The summed E-state index contributed by atoms with van der Waals surface area (Å²) in [5.41, 5.74) is -2.36. The highest BCUT2D eigenvalue weighted by Crippen LogP contribution is 2.46. The van der Waals surface area contributed by atoms with E-state index in [0.29, 0.717) is 17.9 Å². The summed E-state index contributed by atoms with van der Waals surface area (Å²) in [4.78, 5) is 56.4. The Balaban J connectivity index is 1.91. The van der Waals surface area contributed by atoms with Crippen molar-refractivity contribution in [3.63, 3.8) is 0 Å². The van der Waals surface area contributed by atoms with E-state index in [1.165, 1.54) is 29.0 Å². The first-order valence-corrected chi connectivity index (χ1v) is 17.7. The highest BCUT2D eigenvalue weighted by molar-refractivity contribution is 7.47. The zero-order chi connectivity index (χ0) is 37.2. The van der Waals surface area contributed by atoms with Gasteiger partial charge in [-0.05, 0) is 42.0 Å². The molecule has 1 aromatic carbocycles. The van der Waals surface area contributed by atoms with Gasteiger partial charge in [0.25, 0.3) is 0 Å². The summed E-state index contributed by atoms with van der Waals surface area (Å²) >= 11 is 0.712. The van der Waals surface area contributed by atoms with Crippen LogP contribution in [0, 0.1) is 11.3 Å². The van der Waals surface area contributed by atoms with Crippen molar-refractivity contribution in [2.75, 3.05) is 25.1 Å². The van der Waals surface area contributed by atoms with Gasteiger partial charge < -0.3 is 19.9 Å². The molecule has 0 radical (unpaired) electrons. The highest BCUT2D eigenvalue weighted by atomic mass is 32.1. The Bertz CT molecular complexity index is 2010. The Morgan fingerprint density at radius 1 is 1.10 bits per heavy atom. The molecule has 3 heterocycles. The normalized spacial score (nSPS) is 14.1. The lowest BCUT2D eigenvalue weighted by atomic mass is 9.86. The molecule has 13 nitrogen and oxygen atoms in total. The van der Waals surface area contributed by atoms with Gasteiger partial charge in [-0.1, -0.05) is 40.7 Å². The Morgan fingerprint density at radius 3 is 2.36 bits per heavy atom. The van der Waals surface area contributed by atoms with Crippen LogP contribution in [0.15, 0.2) is 46.8 Å². The quantitative estimate of drug-likeness (QED) is 0.107. The largest absolute Gasteiger partial charge is 0.477 e. The van der Waals surface area contributed by atoms with Crippen molar-refractivity contribution in [3.8, 4) is 21.7 Å². The maximum Gasteiger partial charge on any atom is 0.472 e. The molecule has 0 aliphatic carbocycles. The minimum Gasteiger partial charge on any atom is -0.477 e. The summed E-state index contributed by atoms with van der Waals surface area (Å²) in [6.07, 6.45) is -2.27. The smallest absolute Gasteiger partial charge is 0.472 e. The molecule has 0 saturated carbocycles. The van der Waals surface area contributed by atoms with Gasteiger partial charge in [0.2, 0.25) is 5.43 Å². The second-order valence-electron chi connectivity index (χ2n) is 12.8. The third-order valence-electron chi connectivity index (χ3n) is 7.38. The molecule has 50 heavy (non-hydrogen) atoms. The molecule has 3 aromatic heterocycles. The van der Waals surface area contributed by atoms with Crippen LogP contribution in [-0.2, 0) is 19.8 Å². The van der Waals surface area contributed by atoms with Crippen molar-refractivity contribution in [2.45, 2.75) is 53.8 Å². The molecule has 1 unspecified atom stereocenters. The number of nitrogens with one attached hydrogen (secondary N) is 2. The first-order valence-electron chi connectivity index (χ1n) is 15.3. The van der Waals surface area contributed by atoms with E-state index in [2.05, 4.69) is 20.6 Å². The molecule has 0 fully saturated rings. The van der Waals surface area contributed by atoms with Gasteiger partial charge in [0, 0.05) is 40.8 Å². The number of carboxylic acids is 1. The van der Waals surface area contributed by atoms with Gasteiger partial charge in [-0.3, -0.25) is 19.2 Å². The molecule has 4 rings (SSSR count). The number of hydrogen-bond donors (Lipinski definition) is 4. The van der Waals surface area contributed by atoms with Gasteiger partial charge in [-0.2, -0.15) is 13.2 Å². The second kappa shape index (κ2) is 15.0. The van der Waals surface area contributed by atoms with Gasteiger partial charge in [0.1, 0.15) is 16.4 Å². The number of thiazole rings is 1. The first-order chi connectivity index (χ1) is 23.2. The molecule has 0 spiro atoms. The lowest BCUT2D eigenvalue weighted by Gasteiger charge is -2.34. The average Bonchev–Trinajstić information content (AvgIpc) is 3.52. The second-order valence-corrected chi connectivity index (χ2v) is 15.1. The van der Waals surface area contributed by atoms with Crippen LogP contribution in [0.4, 0.5) is 23.8 Å². The minimum absolute atomic E-state index is 0.0151. The molecule has 0 bridgehead atoms. The number of phosphoric ester groups is 1. The van der Waals surface area contributed by atoms with Crippen molar-refractivity contribution in [1.82, 2.24) is 19.9 Å². The van der Waals surface area contributed by atoms with Crippen molar-refractivity contribution in [2.24, 2.45) is 11.3 Å². The minimum atomic E-state index is -4.72. The van der Waals surface area contributed by atoms with Gasteiger partial charge in [-0.25, -0.2) is 24.1 Å². The van der Waals surface area contributed by atoms with Gasteiger partial charge in [0.15, 0.2) is 5.69 Å². The molecule has 4 N–H and O–H groups in total. The molecule has 0 aliphatic rings. The van der Waals surface area contributed by atoms with Crippen LogP contribution in [0.25, 0.3) is 32.6 Å². The maximum atomic E-state index is 13.6. The number of hydrogen-bond acceptors (Lipinski definition) is 9. The summed E-state index contributed by atoms with van der Waals surface area (Å²) in [6, 6.07) is 4.43. The monoisotopic (exact) mass is 739 g/mol. The third-order valence-corrected chi connectivity index (χ3v) is 9.21. The van der Waals surface area contributed by atoms with E-state index in [1.807, 2.05) is 0 Å². The molecule has 0 aliphatic heterocycles. The van der Waals surface area contributed by atoms with Crippen LogP contribution < -0.4 is 16.1 Å². The van der Waals surface area contributed by atoms with E-state index in [9.17, 15) is 42.1 Å². The Morgan fingerprint density at radius 2 is 1.78 bits per heavy atom. The van der Waals surface area contributed by atoms with E-state index in [0.717, 1.165) is 11.6 Å². The summed E-state index contributed by atoms with van der Waals surface area (Å²) in [7, 11) is -4.50. The number of carbonyl (C=O) groups excluding carboxylic acids is 1. The van der Waals surface area contributed by atoms with Gasteiger partial charge in [-0.15, -0.1) is 11.3 Å². The van der Waals surface area contributed by atoms with Crippen LogP contribution in [0.1, 0.15) is 63.6 Å². The van der Waals surface area contributed by atoms with E-state index in [4.69, 9.17) is 9.05 Å². The number of carbonyl (C=O) groups is 2. The van der Waals surface area contributed by atoms with Crippen molar-refractivity contribution in [1.29, 1.82) is 0 Å². The number of urea groups is 1. The molecular weight excluding hydrogens is 702 g/mol. The number of aromatic carboxylic acids is 1. The lowest BCUT2D eigenvalue weighted by molar-refractivity contribution is -0.140. The van der Waals surface area contributed by atoms with Gasteiger partial charge >= 0.3 is 26.0 Å². The first kappa shape index (κ1) is 38.6. The number of aromatic nitrogens is 3. The van der Waals surface area contributed by atoms with Gasteiger partial charge in [0.05, 0.1) is 24.8 Å². The molecule has 0 saturated heterocycles. The number of carboxylic acid groups (broad SMARTS) is 1. The van der Waals surface area contributed by atoms with Crippen LogP contribution >= 0.6 is 19.2 Å². The molecule has 2 amide bonds. The standard InChI is InChI=1S/C32H37F3N5O8PS/c1-7-36-30(44)39-26-11-19(28-38-24(16-50-28)32(33,34)35)21(12-37-26)18-8-9-23-20(10-18)27(41)22(29(42)43)13-40(23)25(31(4,5)6)15-48-49(45,46)47-14-17(2)3/h8-13,16-17,25H,7,14-15H2,1-6H3,(H,42,43)(H,45,46)(H2,36,37,39,44)/t25-/m1/s1. The number of rotatable bonds is 12. The number of halogens is 3. The number of phosphoric acid groups is 1. The summed E-state index contributed by atoms with van der Waals surface area (Å²) in [6.45, 7) is 10.5. The number of amides is 2. The van der Waals surface area contributed by atoms with Crippen LogP contribution in [0.2, 0.25) is 0 Å². The molecule has 18 heteroatoms. The van der Waals surface area contributed by atoms with Crippen molar-refractivity contribution >= 4 is 47.9 Å². The Hall–Kier alpha value is -4.15. The van der Waals surface area contributed by atoms with E-state index in [-0.39, 0.29) is 50.9 Å². The zero-order valence-electron chi connectivity index (χ0n) is 28.0. The maximum absolute atomic E-state index is 13.6. The third kappa shape index (κ3) is 9.14. The molecule has 4 aromatic rings. The number of pyridine rings is 2. The lowest BCUT2D eigenvalue weighted by Crippen LogP contribution is -2.31. The Kier molecular flexibility index (Phi) is 11.6. The van der Waals surface area contributed by atoms with E-state index < -0.39 is 60.7 Å². The van der Waals surface area contributed by atoms with Crippen LogP contribution in [0.5, 0.6) is 0 Å². The number of nitrogens with zero attached hydrogens (tertiary/aromatic N) is 3. The van der Waals surface area contributed by atoms with E-state index in [1.54, 1.807) is 47.6 Å². The summed E-state index contributed by atoms with van der Waals surface area (Å²) in [5, 5.41) is 15.8. The fraction of sp³-hybridized carbons (Fsp3) is 0.406. The summed E-state index contributed by atoms with van der Waals surface area (Å²) < 4.78 is 65.1. The number of anilines is 1. The SMILES string of the molecule is CCNC(=O)Nc1cc(-c2nc(C(F)(F)F)cs2)c(-c2ccc3c(c2)c(=O)c(C(=O)O)cn3[C@H](COP(=O)(O)OCC(C)C)C(C)(C)C)cn1. The molecule has 270 valence electrons. The molecular formula is C32H37F3N5O8PS. The van der Waals surface area contributed by atoms with Crippen LogP contribution in [0.3, 0.4) is 0 Å². The van der Waals surface area contributed by atoms with E-state index >= 15 is 0 Å². The topological polar surface area (TPSA) is 182 Å². The van der Waals surface area contributed by atoms with Crippen LogP contribution in [-0.4, -0.2) is 56.3 Å². The number of fused-ring (bicyclic) bond motifs is 1. The predicted molar refractivity (Wildman–Crippen MR) is 182 cm³/mol. The number of benzene rings is 1. The Labute approximate surface area is 289 Å². The average molecular weight is 740 g/mol. The summed E-state index contributed by atoms with van der Waals surface area (Å²) in [5.74, 6) is -1.57. The fourth-order valence-corrected chi connectivity index (χ4v) is 6.65. The van der Waals surface area contributed by atoms with Crippen molar-refractivity contribution in [3.05, 3.63) is 63.5 Å².